The number of aromatic nitrogens is 2. The number of nitrogens with one attached hydrogen (secondary N) is 1. The molecule has 1 aromatic rings. The van der Waals surface area contributed by atoms with E-state index in [-0.39, 0.29) is 0 Å². The zero-order valence-corrected chi connectivity index (χ0v) is 20.8. The zero-order valence-electron chi connectivity index (χ0n) is 20.8. The van der Waals surface area contributed by atoms with Gasteiger partial charge in [0.05, 0.1) is 31.0 Å². The lowest BCUT2D eigenvalue weighted by Crippen LogP contribution is -2.64. The summed E-state index contributed by atoms with van der Waals surface area (Å²) < 4.78 is 23.3. The Labute approximate surface area is 220 Å². The van der Waals surface area contributed by atoms with Crippen LogP contribution in [0.15, 0.2) is 21.9 Å². The molecule has 0 radical (unpaired) electrons. The Kier molecular flexibility index (Phi) is 9.23. The summed E-state index contributed by atoms with van der Waals surface area (Å²) in [6.45, 7) is 0.877. The molecule has 0 bridgehead atoms. The summed E-state index contributed by atoms with van der Waals surface area (Å²) in [6.07, 6.45) is -18.5. The van der Waals surface area contributed by atoms with Crippen LogP contribution in [0.5, 0.6) is 0 Å². The molecule has 0 spiro atoms. The number of aliphatic hydroxyl groups is 8. The summed E-state index contributed by atoms with van der Waals surface area (Å²) in [7, 11) is 0. The Morgan fingerprint density at radius 2 is 1.59 bits per heavy atom. The normalized spacial score (nSPS) is 45.8. The topological polar surface area (TPSA) is 280 Å². The van der Waals surface area contributed by atoms with Crippen LogP contribution in [0.4, 0.5) is 0 Å². The number of hydrogen-bond acceptors (Lipinski definition) is 15. The summed E-state index contributed by atoms with van der Waals surface area (Å²) in [5.41, 5.74) is 4.36. The van der Waals surface area contributed by atoms with Gasteiger partial charge in [0.2, 0.25) is 0 Å². The van der Waals surface area contributed by atoms with E-state index in [4.69, 9.17) is 24.7 Å². The first-order valence-corrected chi connectivity index (χ1v) is 12.4. The van der Waals surface area contributed by atoms with Gasteiger partial charge < -0.3 is 65.5 Å². The van der Waals surface area contributed by atoms with E-state index in [1.165, 1.54) is 6.92 Å². The second-order valence-electron chi connectivity index (χ2n) is 10.1. The minimum Gasteiger partial charge on any atom is -0.394 e. The van der Waals surface area contributed by atoms with Gasteiger partial charge in [0.15, 0.2) is 18.8 Å². The van der Waals surface area contributed by atoms with Crippen molar-refractivity contribution in [3.63, 3.8) is 0 Å². The first-order chi connectivity index (χ1) is 18.3. The van der Waals surface area contributed by atoms with Crippen LogP contribution in [0.25, 0.3) is 0 Å². The average Bonchev–Trinajstić information content (AvgIpc) is 3.19. The maximum absolute atomic E-state index is 12.1. The fourth-order valence-electron chi connectivity index (χ4n) is 5.01. The van der Waals surface area contributed by atoms with Gasteiger partial charge in [-0.2, -0.15) is 0 Å². The van der Waals surface area contributed by atoms with E-state index in [0.717, 1.165) is 16.8 Å². The molecule has 5 unspecified atom stereocenters. The van der Waals surface area contributed by atoms with E-state index in [9.17, 15) is 50.4 Å². The minimum atomic E-state index is -1.69. The van der Waals surface area contributed by atoms with Crippen molar-refractivity contribution in [3.05, 3.63) is 33.1 Å². The van der Waals surface area contributed by atoms with Crippen LogP contribution < -0.4 is 17.0 Å². The van der Waals surface area contributed by atoms with Gasteiger partial charge in [0.25, 0.3) is 5.56 Å². The van der Waals surface area contributed by atoms with Gasteiger partial charge in [-0.25, -0.2) is 4.79 Å². The molecule has 39 heavy (non-hydrogen) atoms. The molecule has 3 aliphatic heterocycles. The van der Waals surface area contributed by atoms with Crippen LogP contribution >= 0.6 is 0 Å². The molecule has 3 fully saturated rings. The van der Waals surface area contributed by atoms with Crippen molar-refractivity contribution < 1.29 is 59.8 Å². The minimum absolute atomic E-state index is 0.464. The fraction of sp³-hybridized carbons (Fsp3) is 0.818. The molecule has 11 N–H and O–H groups in total. The third-order valence-electron chi connectivity index (χ3n) is 7.46. The lowest BCUT2D eigenvalue weighted by molar-refractivity contribution is -0.352. The van der Waals surface area contributed by atoms with E-state index in [1.807, 2.05) is 4.98 Å². The van der Waals surface area contributed by atoms with E-state index < -0.39 is 116 Å². The average molecular weight is 566 g/mol. The maximum atomic E-state index is 12.1. The molecule has 0 aliphatic carbocycles. The molecule has 15 atom stereocenters. The van der Waals surface area contributed by atoms with Crippen LogP contribution in [0.1, 0.15) is 19.6 Å². The van der Waals surface area contributed by atoms with Gasteiger partial charge in [0.1, 0.15) is 42.7 Å². The SMILES string of the molecule is CC1C(O)[C@H](O)[C@H](CO)O[C@@H]1O[C@@H]1O[C@H](C[C@@H](O)C2O[C@@H](n3ccc(=O)[nH]c3=O)[C@H](O)[C@@H]2O)C(O)C(O)[C@H]1N. The highest BCUT2D eigenvalue weighted by Crippen LogP contribution is 2.34. The van der Waals surface area contributed by atoms with Gasteiger partial charge in [-0.05, 0) is 0 Å². The number of H-pyrrole nitrogens is 1. The van der Waals surface area contributed by atoms with Crippen molar-refractivity contribution in [2.45, 2.75) is 99.2 Å². The van der Waals surface area contributed by atoms with E-state index in [1.54, 1.807) is 0 Å². The summed E-state index contributed by atoms with van der Waals surface area (Å²) in [5, 5.41) is 82.5. The number of rotatable bonds is 7. The molecule has 0 saturated carbocycles. The summed E-state index contributed by atoms with van der Waals surface area (Å²) >= 11 is 0. The Morgan fingerprint density at radius 3 is 2.23 bits per heavy atom. The van der Waals surface area contributed by atoms with Crippen molar-refractivity contribution in [2.24, 2.45) is 11.7 Å². The molecule has 4 rings (SSSR count). The first-order valence-electron chi connectivity index (χ1n) is 12.4. The number of ether oxygens (including phenoxy) is 4. The lowest BCUT2D eigenvalue weighted by atomic mass is 9.91. The summed E-state index contributed by atoms with van der Waals surface area (Å²) in [5.74, 6) is -0.816. The highest BCUT2D eigenvalue weighted by Gasteiger charge is 2.51. The zero-order chi connectivity index (χ0) is 28.8. The number of nitrogens with zero attached hydrogens (tertiary/aromatic N) is 1. The molecule has 0 amide bonds. The lowest BCUT2D eigenvalue weighted by Gasteiger charge is -2.46. The van der Waals surface area contributed by atoms with Crippen molar-refractivity contribution in [1.82, 2.24) is 9.55 Å². The van der Waals surface area contributed by atoms with E-state index in [0.29, 0.717) is 0 Å². The van der Waals surface area contributed by atoms with E-state index >= 15 is 0 Å². The Hall–Kier alpha value is -1.84. The summed E-state index contributed by atoms with van der Waals surface area (Å²) in [6, 6.07) is -0.309. The molecule has 3 aliphatic rings. The number of hydrogen-bond donors (Lipinski definition) is 10. The molecule has 3 saturated heterocycles. The number of nitrogens with two attached hydrogens (primary N) is 1. The molecule has 0 aromatic carbocycles. The van der Waals surface area contributed by atoms with Gasteiger partial charge in [0, 0.05) is 24.6 Å². The van der Waals surface area contributed by atoms with Crippen LogP contribution in [-0.4, -0.2) is 137 Å². The highest BCUT2D eigenvalue weighted by atomic mass is 16.8. The van der Waals surface area contributed by atoms with Crippen LogP contribution in [0.3, 0.4) is 0 Å². The number of aliphatic hydroxyl groups excluding tert-OH is 8. The van der Waals surface area contributed by atoms with Gasteiger partial charge in [-0.3, -0.25) is 14.3 Å². The smallest absolute Gasteiger partial charge is 0.330 e. The molecule has 17 nitrogen and oxygen atoms in total. The van der Waals surface area contributed by atoms with Crippen LogP contribution in [-0.2, 0) is 18.9 Å². The third-order valence-corrected chi connectivity index (χ3v) is 7.46. The second-order valence-corrected chi connectivity index (χ2v) is 10.1. The summed E-state index contributed by atoms with van der Waals surface area (Å²) in [4.78, 5) is 25.4. The monoisotopic (exact) mass is 565 g/mol. The predicted octanol–water partition coefficient (Wildman–Crippen LogP) is -6.23. The van der Waals surface area contributed by atoms with Gasteiger partial charge >= 0.3 is 5.69 Å². The van der Waals surface area contributed by atoms with Crippen molar-refractivity contribution in [3.8, 4) is 0 Å². The second kappa shape index (κ2) is 12.0. The number of aromatic amines is 1. The van der Waals surface area contributed by atoms with Crippen LogP contribution in [0.2, 0.25) is 0 Å². The van der Waals surface area contributed by atoms with Gasteiger partial charge in [-0.1, -0.05) is 6.92 Å². The maximum Gasteiger partial charge on any atom is 0.330 e. The first kappa shape index (κ1) is 30.1. The third kappa shape index (κ3) is 5.82. The Morgan fingerprint density at radius 1 is 0.949 bits per heavy atom. The molecular weight excluding hydrogens is 530 g/mol. The standard InChI is InChI=1S/C22H35N3O14/c1-6-12(29)14(31)9(5-26)37-20(6)39-21-11(23)15(32)13(30)8(36-21)4-7(27)18-16(33)17(34)19(38-18)25-3-2-10(28)24-22(25)35/h2-3,6-9,11-21,26-27,29-34H,4-5,23H2,1H3,(H,24,28,35)/t6?,7-,8-,9+,11-,12?,13?,14-,15?,16+,17-,18?,19-,20-,21+/m1/s1. The molecular formula is C22H35N3O14. The highest BCUT2D eigenvalue weighted by molar-refractivity contribution is 4.99. The molecule has 4 heterocycles. The van der Waals surface area contributed by atoms with Crippen LogP contribution in [0, 0.1) is 5.92 Å². The molecule has 1 aromatic heterocycles. The Balaban J connectivity index is 1.45. The van der Waals surface area contributed by atoms with Crippen molar-refractivity contribution >= 4 is 0 Å². The Bertz CT molecular complexity index is 1080. The fourth-order valence-corrected chi connectivity index (χ4v) is 5.01. The van der Waals surface area contributed by atoms with E-state index in [2.05, 4.69) is 0 Å². The van der Waals surface area contributed by atoms with Crippen molar-refractivity contribution in [1.29, 1.82) is 0 Å². The quantitative estimate of drug-likeness (QED) is 0.147. The van der Waals surface area contributed by atoms with Crippen molar-refractivity contribution in [2.75, 3.05) is 6.61 Å². The molecule has 17 heteroatoms. The predicted molar refractivity (Wildman–Crippen MR) is 125 cm³/mol. The molecule has 222 valence electrons. The van der Waals surface area contributed by atoms with Gasteiger partial charge in [-0.15, -0.1) is 0 Å². The largest absolute Gasteiger partial charge is 0.394 e.